The third-order valence-corrected chi connectivity index (χ3v) is 6.18. The molecule has 9 nitrogen and oxygen atoms in total. The Labute approximate surface area is 191 Å². The zero-order valence-corrected chi connectivity index (χ0v) is 18.4. The Kier molecular flexibility index (Phi) is 5.54. The zero-order valence-electron chi connectivity index (χ0n) is 18.4. The maximum Gasteiger partial charge on any atom is 0.338 e. The normalized spacial score (nSPS) is 18.0. The first-order valence-electron chi connectivity index (χ1n) is 10.7. The maximum atomic E-state index is 11.8. The lowest BCUT2D eigenvalue weighted by Crippen LogP contribution is -2.38. The van der Waals surface area contributed by atoms with E-state index < -0.39 is 0 Å². The van der Waals surface area contributed by atoms with E-state index in [2.05, 4.69) is 20.9 Å². The number of nitrogens with zero attached hydrogens (tertiary/aromatic N) is 5. The summed E-state index contributed by atoms with van der Waals surface area (Å²) < 4.78 is 18.4. The van der Waals surface area contributed by atoms with Crippen LogP contribution in [0.4, 0.5) is 0 Å². The van der Waals surface area contributed by atoms with E-state index in [0.29, 0.717) is 42.5 Å². The van der Waals surface area contributed by atoms with E-state index >= 15 is 0 Å². The Morgan fingerprint density at radius 2 is 2.21 bits per heavy atom. The fourth-order valence-electron chi connectivity index (χ4n) is 4.37. The van der Waals surface area contributed by atoms with Gasteiger partial charge in [0, 0.05) is 37.5 Å². The minimum absolute atomic E-state index is 0.0775. The number of rotatable bonds is 5. The van der Waals surface area contributed by atoms with Gasteiger partial charge in [-0.15, -0.1) is 0 Å². The molecule has 0 N–H and O–H groups in total. The topological polar surface area (TPSA) is 102 Å². The first-order chi connectivity index (χ1) is 16.1. The van der Waals surface area contributed by atoms with Crippen LogP contribution in [0.3, 0.4) is 0 Å². The number of carbonyl (C=O) groups excluding carboxylic acids is 1. The third kappa shape index (κ3) is 3.95. The number of nitriles is 1. The van der Waals surface area contributed by atoms with Crippen LogP contribution >= 0.6 is 0 Å². The van der Waals surface area contributed by atoms with Gasteiger partial charge in [-0.1, -0.05) is 6.07 Å². The van der Waals surface area contributed by atoms with Crippen LogP contribution in [0.1, 0.15) is 44.4 Å². The number of ether oxygens (including phenoxy) is 3. The number of esters is 1. The van der Waals surface area contributed by atoms with Crippen molar-refractivity contribution in [3.8, 4) is 17.6 Å². The first kappa shape index (κ1) is 21.1. The van der Waals surface area contributed by atoms with E-state index in [9.17, 15) is 4.79 Å². The second-order valence-corrected chi connectivity index (χ2v) is 8.10. The minimum atomic E-state index is -0.254. The van der Waals surface area contributed by atoms with Crippen LogP contribution in [-0.4, -0.2) is 52.2 Å². The molecule has 0 amide bonds. The highest BCUT2D eigenvalue weighted by Gasteiger charge is 2.29. The summed E-state index contributed by atoms with van der Waals surface area (Å²) in [5, 5.41) is 9.15. The van der Waals surface area contributed by atoms with Gasteiger partial charge in [0.2, 0.25) is 0 Å². The smallest absolute Gasteiger partial charge is 0.338 e. The van der Waals surface area contributed by atoms with Crippen molar-refractivity contribution in [2.45, 2.75) is 26.2 Å². The van der Waals surface area contributed by atoms with Crippen LogP contribution < -0.4 is 4.74 Å². The van der Waals surface area contributed by atoms with Gasteiger partial charge in [-0.05, 0) is 24.1 Å². The van der Waals surface area contributed by atoms with Crippen molar-refractivity contribution in [3.05, 3.63) is 70.4 Å². The molecule has 3 aromatic rings. The second-order valence-electron chi connectivity index (χ2n) is 8.10. The summed E-state index contributed by atoms with van der Waals surface area (Å²) in [5.41, 5.74) is 5.07. The molecule has 2 aliphatic heterocycles. The largest absolute Gasteiger partial charge is 0.495 e. The molecule has 1 aromatic carbocycles. The molecule has 1 fully saturated rings. The molecular weight excluding hydrogens is 422 g/mol. The summed E-state index contributed by atoms with van der Waals surface area (Å²) >= 11 is 0. The summed E-state index contributed by atoms with van der Waals surface area (Å²) in [5.74, 6) is 0.858. The Morgan fingerprint density at radius 3 is 3.03 bits per heavy atom. The Hall–Kier alpha value is -3.74. The van der Waals surface area contributed by atoms with Crippen LogP contribution in [0, 0.1) is 18.3 Å². The number of aromatic nitrogens is 3. The Bertz CT molecular complexity index is 1260. The summed E-state index contributed by atoms with van der Waals surface area (Å²) in [6, 6.07) is 7.61. The van der Waals surface area contributed by atoms with Crippen molar-refractivity contribution in [2.24, 2.45) is 0 Å². The van der Waals surface area contributed by atoms with Crippen molar-refractivity contribution in [2.75, 3.05) is 26.8 Å². The summed E-state index contributed by atoms with van der Waals surface area (Å²) in [6.45, 7) is 5.18. The molecule has 0 radical (unpaired) electrons. The highest BCUT2D eigenvalue weighted by molar-refractivity contribution is 5.93. The van der Waals surface area contributed by atoms with Gasteiger partial charge in [-0.25, -0.2) is 14.8 Å². The average Bonchev–Trinajstić information content (AvgIpc) is 3.46. The molecule has 4 heterocycles. The predicted molar refractivity (Wildman–Crippen MR) is 117 cm³/mol. The number of pyridine rings is 1. The molecule has 9 heteroatoms. The fourth-order valence-corrected chi connectivity index (χ4v) is 4.37. The van der Waals surface area contributed by atoms with E-state index in [4.69, 9.17) is 19.5 Å². The van der Waals surface area contributed by atoms with Crippen molar-refractivity contribution >= 4 is 5.97 Å². The van der Waals surface area contributed by atoms with Gasteiger partial charge in [0.25, 0.3) is 0 Å². The minimum Gasteiger partial charge on any atom is -0.495 e. The number of hydrogen-bond donors (Lipinski definition) is 0. The molecule has 1 atom stereocenters. The summed E-state index contributed by atoms with van der Waals surface area (Å²) in [6.07, 6.45) is 5.06. The Balaban J connectivity index is 1.30. The van der Waals surface area contributed by atoms with Gasteiger partial charge in [-0.3, -0.25) is 9.47 Å². The molecule has 5 rings (SSSR count). The molecule has 0 spiro atoms. The van der Waals surface area contributed by atoms with Crippen LogP contribution in [0.5, 0.6) is 5.75 Å². The predicted octanol–water partition coefficient (Wildman–Crippen LogP) is 2.70. The lowest BCUT2D eigenvalue weighted by molar-refractivity contribution is -0.0335. The Morgan fingerprint density at radius 1 is 1.33 bits per heavy atom. The monoisotopic (exact) mass is 445 g/mol. The summed E-state index contributed by atoms with van der Waals surface area (Å²) in [4.78, 5) is 23.0. The van der Waals surface area contributed by atoms with Gasteiger partial charge in [0.05, 0.1) is 37.3 Å². The number of cyclic esters (lactones) is 1. The van der Waals surface area contributed by atoms with E-state index in [-0.39, 0.29) is 12.1 Å². The highest BCUT2D eigenvalue weighted by Crippen LogP contribution is 2.32. The number of morpholine rings is 1. The molecule has 2 aromatic heterocycles. The van der Waals surface area contributed by atoms with Crippen molar-refractivity contribution in [3.63, 3.8) is 0 Å². The lowest BCUT2D eigenvalue weighted by atomic mass is 9.94. The molecule has 0 bridgehead atoms. The second kappa shape index (κ2) is 8.65. The SMILES string of the molecule is COc1cc(-n2cnc(CN3CCOC(c4ccc5c(c4C)COC5=O)C3)c2)ncc1C#N. The van der Waals surface area contributed by atoms with Crippen LogP contribution in [-0.2, 0) is 22.6 Å². The van der Waals surface area contributed by atoms with E-state index in [0.717, 1.165) is 35.5 Å². The number of benzene rings is 1. The zero-order chi connectivity index (χ0) is 22.9. The third-order valence-electron chi connectivity index (χ3n) is 6.18. The lowest BCUT2D eigenvalue weighted by Gasteiger charge is -2.33. The number of hydrogen-bond acceptors (Lipinski definition) is 8. The van der Waals surface area contributed by atoms with Gasteiger partial charge in [-0.2, -0.15) is 5.26 Å². The maximum absolute atomic E-state index is 11.8. The summed E-state index contributed by atoms with van der Waals surface area (Å²) in [7, 11) is 1.53. The van der Waals surface area contributed by atoms with Crippen LogP contribution in [0.15, 0.2) is 36.9 Å². The highest BCUT2D eigenvalue weighted by atomic mass is 16.5. The fraction of sp³-hybridized carbons (Fsp3) is 0.333. The number of carbonyl (C=O) groups is 1. The molecule has 0 aliphatic carbocycles. The molecular formula is C24H23N5O4. The van der Waals surface area contributed by atoms with Crippen molar-refractivity contribution in [1.29, 1.82) is 5.26 Å². The van der Waals surface area contributed by atoms with E-state index in [1.54, 1.807) is 12.4 Å². The standard InChI is InChI=1S/C24H23N5O4/c1-15-18(3-4-19-20(15)13-33-24(19)30)22-12-28(5-6-32-22)10-17-11-29(14-27-17)23-7-21(31-2)16(8-25)9-26-23/h3-4,7,9,11,14,22H,5-6,10,12-13H2,1-2H3. The van der Waals surface area contributed by atoms with Crippen LogP contribution in [0.25, 0.3) is 5.82 Å². The van der Waals surface area contributed by atoms with Gasteiger partial charge in [0.1, 0.15) is 36.1 Å². The van der Waals surface area contributed by atoms with Crippen molar-refractivity contribution in [1.82, 2.24) is 19.4 Å². The molecule has 2 aliphatic rings. The first-order valence-corrected chi connectivity index (χ1v) is 10.7. The number of fused-ring (bicyclic) bond motifs is 1. The number of imidazole rings is 1. The van der Waals surface area contributed by atoms with Gasteiger partial charge < -0.3 is 14.2 Å². The van der Waals surface area contributed by atoms with E-state index in [1.807, 2.05) is 29.8 Å². The van der Waals surface area contributed by atoms with E-state index in [1.165, 1.54) is 13.3 Å². The van der Waals surface area contributed by atoms with Crippen LogP contribution in [0.2, 0.25) is 0 Å². The molecule has 1 unspecified atom stereocenters. The quantitative estimate of drug-likeness (QED) is 0.553. The van der Waals surface area contributed by atoms with Gasteiger partial charge in [0.15, 0.2) is 0 Å². The van der Waals surface area contributed by atoms with Gasteiger partial charge >= 0.3 is 5.97 Å². The molecule has 168 valence electrons. The average molecular weight is 445 g/mol. The molecule has 33 heavy (non-hydrogen) atoms. The number of methoxy groups -OCH3 is 1. The molecule has 1 saturated heterocycles. The molecule has 0 saturated carbocycles. The van der Waals surface area contributed by atoms with Crippen molar-refractivity contribution < 1.29 is 19.0 Å².